The Labute approximate surface area is 338 Å². The van der Waals surface area contributed by atoms with E-state index in [4.69, 9.17) is 4.74 Å². The van der Waals surface area contributed by atoms with Gasteiger partial charge in [0.2, 0.25) is 0 Å². The van der Waals surface area contributed by atoms with E-state index in [1.807, 2.05) is 24.4 Å². The van der Waals surface area contributed by atoms with E-state index in [0.717, 1.165) is 75.7 Å². The molecular weight excluding hydrogens is 703 g/mol. The van der Waals surface area contributed by atoms with Gasteiger partial charge >= 0.3 is 5.97 Å². The van der Waals surface area contributed by atoms with Crippen LogP contribution in [0.3, 0.4) is 0 Å². The number of aliphatic hydroxyl groups excluding tert-OH is 1. The molecular formula is C47H74N3O6-. The van der Waals surface area contributed by atoms with Crippen molar-refractivity contribution in [3.05, 3.63) is 41.2 Å². The zero-order valence-electron chi connectivity index (χ0n) is 36.6. The molecule has 5 aliphatic carbocycles. The van der Waals surface area contributed by atoms with Crippen molar-refractivity contribution in [3.8, 4) is 0 Å². The molecule has 4 fully saturated rings. The number of hydrogen-bond donors (Lipinski definition) is 2. The van der Waals surface area contributed by atoms with Gasteiger partial charge in [-0.15, -0.1) is 6.10 Å². The summed E-state index contributed by atoms with van der Waals surface area (Å²) in [6.45, 7) is 22.5. The van der Waals surface area contributed by atoms with E-state index in [1.165, 1.54) is 5.57 Å². The fourth-order valence-electron chi connectivity index (χ4n) is 13.6. The van der Waals surface area contributed by atoms with Gasteiger partial charge in [-0.2, -0.15) is 0 Å². The van der Waals surface area contributed by atoms with Crippen LogP contribution in [0.2, 0.25) is 0 Å². The summed E-state index contributed by atoms with van der Waals surface area (Å²) in [5, 5.41) is 34.9. The molecule has 0 saturated heterocycles. The van der Waals surface area contributed by atoms with Crippen molar-refractivity contribution in [1.82, 2.24) is 14.8 Å². The number of rotatable bonds is 13. The third-order valence-corrected chi connectivity index (χ3v) is 17.0. The van der Waals surface area contributed by atoms with Crippen LogP contribution in [0.25, 0.3) is 0 Å². The van der Waals surface area contributed by atoms with Crippen molar-refractivity contribution in [1.29, 1.82) is 0 Å². The van der Waals surface area contributed by atoms with E-state index in [-0.39, 0.29) is 57.8 Å². The van der Waals surface area contributed by atoms with Crippen molar-refractivity contribution in [2.45, 2.75) is 152 Å². The molecule has 9 heteroatoms. The molecule has 6 rings (SSSR count). The van der Waals surface area contributed by atoms with Crippen LogP contribution in [0.15, 0.2) is 35.5 Å². The fraction of sp³-hybridized carbons (Fsp3) is 0.809. The molecule has 0 aromatic carbocycles. The lowest BCUT2D eigenvalue weighted by atomic mass is 9.33. The first kappa shape index (κ1) is 43.4. The molecule has 1 heterocycles. The number of ether oxygens (including phenoxy) is 1. The molecule has 7 unspecified atom stereocenters. The largest absolute Gasteiger partial charge is 0.850 e. The normalized spacial score (nSPS) is 36.1. The number of ketones is 1. The minimum absolute atomic E-state index is 0.0318. The highest BCUT2D eigenvalue weighted by atomic mass is 16.5. The van der Waals surface area contributed by atoms with Crippen molar-refractivity contribution >= 4 is 11.8 Å². The Bertz CT molecular complexity index is 1640. The monoisotopic (exact) mass is 777 g/mol. The van der Waals surface area contributed by atoms with Crippen molar-refractivity contribution < 1.29 is 29.6 Å². The molecule has 56 heavy (non-hydrogen) atoms. The predicted molar refractivity (Wildman–Crippen MR) is 218 cm³/mol. The molecule has 1 aromatic rings. The second-order valence-corrected chi connectivity index (χ2v) is 21.6. The maximum Gasteiger partial charge on any atom is 0.306 e. The number of pyridine rings is 1. The third kappa shape index (κ3) is 7.26. The quantitative estimate of drug-likeness (QED) is 0.165. The summed E-state index contributed by atoms with van der Waals surface area (Å²) in [5.74, 6) is 0.981. The Kier molecular flexibility index (Phi) is 12.0. The minimum Gasteiger partial charge on any atom is -0.850 e. The fourth-order valence-corrected chi connectivity index (χ4v) is 13.6. The van der Waals surface area contributed by atoms with Gasteiger partial charge in [0.1, 0.15) is 6.10 Å². The van der Waals surface area contributed by atoms with E-state index in [0.29, 0.717) is 31.3 Å². The smallest absolute Gasteiger partial charge is 0.306 e. The maximum absolute atomic E-state index is 15.2. The zero-order chi connectivity index (χ0) is 41.2. The number of carbonyl (C=O) groups excluding carboxylic acids is 2. The number of aromatic nitrogens is 1. The Balaban J connectivity index is 1.28. The molecule has 0 aliphatic heterocycles. The van der Waals surface area contributed by atoms with Crippen LogP contribution < -0.4 is 5.11 Å². The zero-order valence-corrected chi connectivity index (χ0v) is 36.6. The first-order valence-corrected chi connectivity index (χ1v) is 21.8. The number of fused-ring (bicyclic) bond motifs is 7. The lowest BCUT2D eigenvalue weighted by Gasteiger charge is -2.72. The summed E-state index contributed by atoms with van der Waals surface area (Å²) >= 11 is 0. The SMILES string of the molecule is CC(C)C1=C2C3CCC4C5(C)CCC(OC(=O)CC(C)(C)C(O)O)C(C)(C)[C@@H]5CCC4(C)[C@]3(C)CCC2(C([O-])CN(CCN(C)C)Cc2ccccn2)CC1=O. The second-order valence-electron chi connectivity index (χ2n) is 21.6. The topological polar surface area (TPSA) is 126 Å². The van der Waals surface area contributed by atoms with E-state index >= 15 is 5.11 Å². The number of esters is 1. The van der Waals surface area contributed by atoms with Crippen LogP contribution in [-0.4, -0.2) is 89.0 Å². The molecule has 0 spiro atoms. The van der Waals surface area contributed by atoms with Gasteiger partial charge in [0.05, 0.1) is 12.1 Å². The molecule has 5 aliphatic rings. The standard InChI is InChI=1S/C47H74N3O6/c1-30(2)39-33(51)26-47(36(52)29-50(25-24-49(10)11)28-31-14-12-13-23-48-31)22-21-45(8)32(40(39)47)15-16-35-44(7)19-18-37(56-38(53)27-42(3,4)41(54)55)43(5,6)34(44)17-20-46(35,45)9/h12-14,23,30,32,34-37,41,54-55H,15-22,24-29H2,1-11H3/q-1/t32?,34-,35?,36?,37?,44?,45+,46?,47?/m0/s1. The van der Waals surface area contributed by atoms with Crippen LogP contribution in [-0.2, 0) is 20.9 Å². The third-order valence-electron chi connectivity index (χ3n) is 17.0. The molecule has 2 N–H and O–H groups in total. The van der Waals surface area contributed by atoms with Crippen molar-refractivity contribution in [2.75, 3.05) is 33.7 Å². The number of nitrogens with zero attached hydrogens (tertiary/aromatic N) is 3. The summed E-state index contributed by atoms with van der Waals surface area (Å²) in [7, 11) is 4.14. The molecule has 4 saturated carbocycles. The average molecular weight is 777 g/mol. The molecule has 9 atom stereocenters. The molecule has 1 aromatic heterocycles. The highest BCUT2D eigenvalue weighted by molar-refractivity contribution is 6.00. The first-order valence-electron chi connectivity index (χ1n) is 21.8. The molecule has 0 bridgehead atoms. The molecule has 314 valence electrons. The Morgan fingerprint density at radius 1 is 0.964 bits per heavy atom. The van der Waals surface area contributed by atoms with Crippen LogP contribution in [0.1, 0.15) is 132 Å². The summed E-state index contributed by atoms with van der Waals surface area (Å²) < 4.78 is 6.23. The first-order chi connectivity index (χ1) is 26.0. The van der Waals surface area contributed by atoms with Crippen LogP contribution in [0.5, 0.6) is 0 Å². The van der Waals surface area contributed by atoms with Crippen LogP contribution in [0.4, 0.5) is 0 Å². The number of aliphatic hydroxyl groups is 2. The Hall–Kier alpha value is -2.17. The second kappa shape index (κ2) is 15.5. The molecule has 0 radical (unpaired) electrons. The van der Waals surface area contributed by atoms with Gasteiger partial charge < -0.3 is 25.0 Å². The van der Waals surface area contributed by atoms with Gasteiger partial charge in [-0.25, -0.2) is 0 Å². The van der Waals surface area contributed by atoms with Gasteiger partial charge in [0.15, 0.2) is 12.1 Å². The van der Waals surface area contributed by atoms with E-state index in [1.54, 1.807) is 13.8 Å². The minimum atomic E-state index is -1.59. The highest BCUT2D eigenvalue weighted by Gasteiger charge is 2.70. The summed E-state index contributed by atoms with van der Waals surface area (Å²) in [5.41, 5.74) is 1.35. The van der Waals surface area contributed by atoms with Crippen LogP contribution in [0, 0.1) is 56.2 Å². The van der Waals surface area contributed by atoms with E-state index < -0.39 is 23.2 Å². The number of hydrogen-bond acceptors (Lipinski definition) is 9. The van der Waals surface area contributed by atoms with Gasteiger partial charge in [-0.05, 0) is 135 Å². The summed E-state index contributed by atoms with van der Waals surface area (Å²) in [6.07, 6.45) is 7.11. The van der Waals surface area contributed by atoms with Gasteiger partial charge in [0.25, 0.3) is 0 Å². The number of carbonyl (C=O) groups is 2. The predicted octanol–water partition coefficient (Wildman–Crippen LogP) is 6.79. The molecule has 9 nitrogen and oxygen atoms in total. The van der Waals surface area contributed by atoms with Gasteiger partial charge in [-0.3, -0.25) is 19.5 Å². The number of likely N-dealkylation sites (N-methyl/N-ethyl adjacent to an activating group) is 1. The van der Waals surface area contributed by atoms with E-state index in [2.05, 4.69) is 77.3 Å². The van der Waals surface area contributed by atoms with Crippen LogP contribution >= 0.6 is 0 Å². The Morgan fingerprint density at radius 3 is 2.30 bits per heavy atom. The highest BCUT2D eigenvalue weighted by Crippen LogP contribution is 2.77. The van der Waals surface area contributed by atoms with E-state index in [9.17, 15) is 19.8 Å². The number of allylic oxidation sites excluding steroid dienone is 1. The Morgan fingerprint density at radius 2 is 1.68 bits per heavy atom. The summed E-state index contributed by atoms with van der Waals surface area (Å²) in [4.78, 5) is 36.5. The lowest BCUT2D eigenvalue weighted by Crippen LogP contribution is -2.67. The number of Topliss-reactive ketones (excluding diaryl/α,β-unsaturated/α-hetero) is 1. The van der Waals surface area contributed by atoms with Gasteiger partial charge in [0, 0.05) is 43.1 Å². The average Bonchev–Trinajstić information content (AvgIpc) is 3.42. The maximum atomic E-state index is 15.2. The molecule has 0 amide bonds. The van der Waals surface area contributed by atoms with Gasteiger partial charge in [-0.1, -0.05) is 74.0 Å². The lowest BCUT2D eigenvalue weighted by molar-refractivity contribution is -0.448. The summed E-state index contributed by atoms with van der Waals surface area (Å²) in [6, 6.07) is 5.97. The van der Waals surface area contributed by atoms with Crippen molar-refractivity contribution in [3.63, 3.8) is 0 Å². The van der Waals surface area contributed by atoms with Crippen molar-refractivity contribution in [2.24, 2.45) is 56.2 Å².